The van der Waals surface area contributed by atoms with Crippen LogP contribution in [0, 0.1) is 25.1 Å². The van der Waals surface area contributed by atoms with Gasteiger partial charge in [0.25, 0.3) is 17.7 Å². The zero-order valence-corrected chi connectivity index (χ0v) is 29.7. The van der Waals surface area contributed by atoms with Crippen molar-refractivity contribution in [1.82, 2.24) is 9.97 Å². The second kappa shape index (κ2) is 13.6. The average Bonchev–Trinajstić information content (AvgIpc) is 3.46. The molecule has 3 amide bonds. The molecule has 2 saturated heterocycles. The van der Waals surface area contributed by atoms with Gasteiger partial charge in [0, 0.05) is 61.9 Å². The van der Waals surface area contributed by atoms with Gasteiger partial charge in [-0.15, -0.1) is 11.3 Å². The number of carbonyl (C=O) groups excluding carboxylic acids is 3. The minimum Gasteiger partial charge on any atom is -0.381 e. The first kappa shape index (κ1) is 33.7. The molecule has 0 radical (unpaired) electrons. The number of thiophene rings is 1. The number of hydrogen-bond donors (Lipinski definition) is 2. The summed E-state index contributed by atoms with van der Waals surface area (Å²) in [5, 5.41) is 6.44. The first-order chi connectivity index (χ1) is 25.2. The Bertz CT molecular complexity index is 2190. The number of carbonyl (C=O) groups is 3. The normalized spacial score (nSPS) is 16.0. The first-order valence-electron chi connectivity index (χ1n) is 17.4. The molecule has 3 aromatic heterocycles. The predicted molar refractivity (Wildman–Crippen MR) is 200 cm³/mol. The molecule has 2 fully saturated rings. The zero-order valence-electron chi connectivity index (χ0n) is 28.9. The summed E-state index contributed by atoms with van der Waals surface area (Å²) in [6.07, 6.45) is 6.04. The maximum absolute atomic E-state index is 14.5. The number of amides is 3. The standard InChI is InChI=1S/C40H37FN6O4S/c1-24-19-29(36(43-21-24)46-22-40(23-46)13-17-51-18-14-40)37(48)44-28-10-8-26(9-11-28)39(50)47-16-12-27-20-32(52-35(27)34-31(47)7-4-15-42-34)45-38(49)33-25(2)5-3-6-30(33)41/h3-11,15,19-21H,12-14,16-18,22-23H2,1-2H3,(H,44,48)(H,45,49). The summed E-state index contributed by atoms with van der Waals surface area (Å²) in [6, 6.07) is 18.8. The fourth-order valence-corrected chi connectivity index (χ4v) is 8.50. The highest BCUT2D eigenvalue weighted by atomic mass is 32.1. The Morgan fingerprint density at radius 2 is 1.71 bits per heavy atom. The highest BCUT2D eigenvalue weighted by Crippen LogP contribution is 2.44. The molecular formula is C40H37FN6O4S. The van der Waals surface area contributed by atoms with Crippen LogP contribution in [0.4, 0.5) is 26.6 Å². The number of anilines is 4. The Labute approximate surface area is 304 Å². The van der Waals surface area contributed by atoms with Crippen molar-refractivity contribution >= 4 is 51.3 Å². The third-order valence-electron chi connectivity index (χ3n) is 10.2. The molecule has 0 atom stereocenters. The molecule has 0 unspecified atom stereocenters. The molecule has 2 aromatic carbocycles. The van der Waals surface area contributed by atoms with Crippen molar-refractivity contribution in [3.63, 3.8) is 0 Å². The van der Waals surface area contributed by atoms with Crippen molar-refractivity contribution in [2.45, 2.75) is 33.1 Å². The number of benzene rings is 2. The van der Waals surface area contributed by atoms with Crippen LogP contribution in [-0.2, 0) is 11.2 Å². The fourth-order valence-electron chi connectivity index (χ4n) is 7.39. The largest absolute Gasteiger partial charge is 0.381 e. The summed E-state index contributed by atoms with van der Waals surface area (Å²) in [7, 11) is 0. The lowest BCUT2D eigenvalue weighted by molar-refractivity contribution is -0.000511. The lowest BCUT2D eigenvalue weighted by Gasteiger charge is -2.53. The summed E-state index contributed by atoms with van der Waals surface area (Å²) < 4.78 is 20.0. The van der Waals surface area contributed by atoms with Crippen molar-refractivity contribution in [3.05, 3.63) is 118 Å². The van der Waals surface area contributed by atoms with Crippen LogP contribution >= 0.6 is 11.3 Å². The monoisotopic (exact) mass is 716 g/mol. The molecule has 0 bridgehead atoms. The number of halogens is 1. The molecule has 0 aliphatic carbocycles. The van der Waals surface area contributed by atoms with E-state index in [1.165, 1.54) is 17.4 Å². The molecule has 6 heterocycles. The van der Waals surface area contributed by atoms with Gasteiger partial charge < -0.3 is 25.2 Å². The molecule has 10 nitrogen and oxygen atoms in total. The third kappa shape index (κ3) is 6.33. The number of nitrogens with zero attached hydrogens (tertiary/aromatic N) is 4. The van der Waals surface area contributed by atoms with E-state index in [0.717, 1.165) is 55.1 Å². The molecule has 1 spiro atoms. The lowest BCUT2D eigenvalue weighted by Crippen LogP contribution is -2.59. The van der Waals surface area contributed by atoms with E-state index in [4.69, 9.17) is 4.74 Å². The van der Waals surface area contributed by atoms with E-state index in [1.54, 1.807) is 66.7 Å². The minimum absolute atomic E-state index is 0.0131. The van der Waals surface area contributed by atoms with Crippen molar-refractivity contribution in [2.75, 3.05) is 53.3 Å². The van der Waals surface area contributed by atoms with Gasteiger partial charge in [-0.05, 0) is 104 Å². The predicted octanol–water partition coefficient (Wildman–Crippen LogP) is 7.29. The van der Waals surface area contributed by atoms with Crippen LogP contribution in [0.2, 0.25) is 0 Å². The summed E-state index contributed by atoms with van der Waals surface area (Å²) in [6.45, 7) is 7.28. The molecule has 3 aliphatic heterocycles. The lowest BCUT2D eigenvalue weighted by atomic mass is 9.73. The molecule has 3 aliphatic rings. The Hall–Kier alpha value is -5.46. The molecular weight excluding hydrogens is 680 g/mol. The Morgan fingerprint density at radius 1 is 0.923 bits per heavy atom. The van der Waals surface area contributed by atoms with Gasteiger partial charge in [-0.2, -0.15) is 0 Å². The van der Waals surface area contributed by atoms with Crippen LogP contribution in [0.1, 0.15) is 60.6 Å². The second-order valence-corrected chi connectivity index (χ2v) is 14.9. The highest BCUT2D eigenvalue weighted by Gasteiger charge is 2.45. The number of aryl methyl sites for hydroxylation is 2. The van der Waals surface area contributed by atoms with Gasteiger partial charge in [0.2, 0.25) is 0 Å². The third-order valence-corrected chi connectivity index (χ3v) is 11.3. The SMILES string of the molecule is Cc1cnc(N2CC3(CCOCC3)C2)c(C(=O)Nc2ccc(C(=O)N3CCc4cc(NC(=O)c5c(C)cccc5F)sc4-c4ncccc43)cc2)c1. The number of ether oxygens (including phenoxy) is 1. The van der Waals surface area contributed by atoms with Crippen LogP contribution in [0.3, 0.4) is 0 Å². The maximum atomic E-state index is 14.5. The summed E-state index contributed by atoms with van der Waals surface area (Å²) in [4.78, 5) is 54.6. The van der Waals surface area contributed by atoms with E-state index in [1.807, 2.05) is 25.1 Å². The van der Waals surface area contributed by atoms with Crippen LogP contribution < -0.4 is 20.4 Å². The summed E-state index contributed by atoms with van der Waals surface area (Å²) in [5.74, 6) is -0.855. The topological polar surface area (TPSA) is 117 Å². The van der Waals surface area contributed by atoms with E-state index in [-0.39, 0.29) is 22.8 Å². The van der Waals surface area contributed by atoms with Gasteiger partial charge in [-0.25, -0.2) is 9.37 Å². The van der Waals surface area contributed by atoms with Crippen molar-refractivity contribution in [3.8, 4) is 10.6 Å². The number of hydrogen-bond acceptors (Lipinski definition) is 8. The molecule has 8 rings (SSSR count). The number of nitrogens with one attached hydrogen (secondary N) is 2. The average molecular weight is 717 g/mol. The first-order valence-corrected chi connectivity index (χ1v) is 18.2. The van der Waals surface area contributed by atoms with E-state index < -0.39 is 11.7 Å². The van der Waals surface area contributed by atoms with E-state index in [9.17, 15) is 18.8 Å². The van der Waals surface area contributed by atoms with Gasteiger partial charge in [-0.1, -0.05) is 12.1 Å². The zero-order chi connectivity index (χ0) is 36.0. The summed E-state index contributed by atoms with van der Waals surface area (Å²) in [5.41, 5.74) is 5.48. The Balaban J connectivity index is 0.973. The molecule has 12 heteroatoms. The van der Waals surface area contributed by atoms with Gasteiger partial charge >= 0.3 is 0 Å². The fraction of sp³-hybridized carbons (Fsp3) is 0.275. The summed E-state index contributed by atoms with van der Waals surface area (Å²) >= 11 is 1.35. The number of rotatable bonds is 6. The molecule has 5 aromatic rings. The molecule has 264 valence electrons. The van der Waals surface area contributed by atoms with Crippen molar-refractivity contribution in [1.29, 1.82) is 0 Å². The van der Waals surface area contributed by atoms with E-state index >= 15 is 0 Å². The molecule has 2 N–H and O–H groups in total. The number of pyridine rings is 2. The van der Waals surface area contributed by atoms with Crippen LogP contribution in [0.25, 0.3) is 10.6 Å². The number of aromatic nitrogens is 2. The molecule has 52 heavy (non-hydrogen) atoms. The van der Waals surface area contributed by atoms with E-state index in [2.05, 4.69) is 25.5 Å². The maximum Gasteiger partial charge on any atom is 0.259 e. The van der Waals surface area contributed by atoms with Crippen LogP contribution in [0.5, 0.6) is 0 Å². The van der Waals surface area contributed by atoms with E-state index in [0.29, 0.717) is 57.5 Å². The van der Waals surface area contributed by atoms with Crippen LogP contribution in [0.15, 0.2) is 79.1 Å². The minimum atomic E-state index is -0.573. The second-order valence-electron chi connectivity index (χ2n) is 13.8. The van der Waals surface area contributed by atoms with Gasteiger partial charge in [0.05, 0.1) is 26.7 Å². The highest BCUT2D eigenvalue weighted by molar-refractivity contribution is 7.19. The van der Waals surface area contributed by atoms with Gasteiger partial charge in [0.1, 0.15) is 17.3 Å². The van der Waals surface area contributed by atoms with Gasteiger partial charge in [0.15, 0.2) is 0 Å². The Kier molecular flexibility index (Phi) is 8.80. The quantitative estimate of drug-likeness (QED) is 0.190. The van der Waals surface area contributed by atoms with Gasteiger partial charge in [-0.3, -0.25) is 19.4 Å². The van der Waals surface area contributed by atoms with Crippen molar-refractivity contribution < 1.29 is 23.5 Å². The number of fused-ring (bicyclic) bond motifs is 3. The van der Waals surface area contributed by atoms with Crippen molar-refractivity contribution in [2.24, 2.45) is 5.41 Å². The smallest absolute Gasteiger partial charge is 0.259 e. The molecule has 0 saturated carbocycles. The van der Waals surface area contributed by atoms with Crippen LogP contribution in [-0.4, -0.2) is 60.5 Å². The Morgan fingerprint density at radius 3 is 2.48 bits per heavy atom.